The van der Waals surface area contributed by atoms with E-state index in [1.165, 1.54) is 4.90 Å². The number of ether oxygens (including phenoxy) is 2. The van der Waals surface area contributed by atoms with Crippen LogP contribution in [0.3, 0.4) is 0 Å². The molecule has 3 aromatic rings. The van der Waals surface area contributed by atoms with Crippen molar-refractivity contribution >= 4 is 29.1 Å². The van der Waals surface area contributed by atoms with Crippen molar-refractivity contribution in [3.05, 3.63) is 81.6 Å². The lowest BCUT2D eigenvalue weighted by Crippen LogP contribution is -2.50. The molecule has 5 rings (SSSR count). The Morgan fingerprint density at radius 3 is 2.37 bits per heavy atom. The minimum Gasteiger partial charge on any atom is -0.490 e. The van der Waals surface area contributed by atoms with Crippen LogP contribution in [0.2, 0.25) is 10.0 Å². The van der Waals surface area contributed by atoms with E-state index in [4.69, 9.17) is 37.8 Å². The molecule has 0 bridgehead atoms. The van der Waals surface area contributed by atoms with Gasteiger partial charge in [0.25, 0.3) is 0 Å². The summed E-state index contributed by atoms with van der Waals surface area (Å²) in [7, 11) is 0. The van der Waals surface area contributed by atoms with Crippen molar-refractivity contribution in [1.82, 2.24) is 9.88 Å². The Morgan fingerprint density at radius 1 is 0.980 bits per heavy atom. The number of hydrogen-bond donors (Lipinski definition) is 5. The second-order valence-electron chi connectivity index (χ2n) is 13.0. The molecule has 2 aliphatic carbocycles. The van der Waals surface area contributed by atoms with Crippen LogP contribution in [0.15, 0.2) is 54.9 Å². The van der Waals surface area contributed by atoms with Crippen molar-refractivity contribution in [2.24, 2.45) is 0 Å². The van der Waals surface area contributed by atoms with Gasteiger partial charge in [-0.1, -0.05) is 41.4 Å². The van der Waals surface area contributed by atoms with Crippen LogP contribution in [0.1, 0.15) is 68.6 Å². The number of likely N-dealkylation sites (N-methyl/N-ethyl adjacent to an activating group) is 1. The number of para-hydroxylation sites is 1. The highest BCUT2D eigenvalue weighted by molar-refractivity contribution is 6.34. The number of unbranched alkanes of at least 4 members (excludes halogenated alkanes) is 1. The molecular formula is C37H46Cl2N2O8. The fourth-order valence-electron chi connectivity index (χ4n) is 5.96. The van der Waals surface area contributed by atoms with E-state index in [2.05, 4.69) is 11.1 Å². The standard InChI is InChI=1S/C37H46Cl2N2O8/c1-2-41(20-31(43)35(46)36(47)32(44)21-42)34(45)10-6-3-7-23-17-30(39)24(18-29(23)38)22-48-37(14-15-37)28-19-40-16-13-26(28)27-8-4-5-9-33(27)49-25-11-12-25/h4-5,8-9,13,16-19,25,31-32,35-36,42-44,46-47H,2-3,6-7,10-12,14-15,20-22H2,1H3/t31-,32+,35+,36+/m0/s1. The number of pyridine rings is 1. The van der Waals surface area contributed by atoms with Gasteiger partial charge in [0.05, 0.1) is 24.9 Å². The van der Waals surface area contributed by atoms with Crippen molar-refractivity contribution in [1.29, 1.82) is 0 Å². The van der Waals surface area contributed by atoms with Crippen LogP contribution in [0.25, 0.3) is 11.1 Å². The van der Waals surface area contributed by atoms with Gasteiger partial charge in [-0.15, -0.1) is 0 Å². The Bertz CT molecular complexity index is 1570. The normalized spacial score (nSPS) is 17.6. The topological polar surface area (TPSA) is 153 Å². The van der Waals surface area contributed by atoms with E-state index >= 15 is 0 Å². The SMILES string of the molecule is CCN(C[C@H](O)[C@@H](O)[C@H](O)[C@H](O)CO)C(=O)CCCCc1cc(Cl)c(COC2(c3cnccc3-c3ccccc3OC3CC3)CC2)cc1Cl. The van der Waals surface area contributed by atoms with Crippen LogP contribution < -0.4 is 4.74 Å². The molecule has 1 aromatic heterocycles. The second kappa shape index (κ2) is 16.9. The second-order valence-corrected chi connectivity index (χ2v) is 13.8. The molecule has 0 spiro atoms. The number of aryl methyl sites for hydroxylation is 1. The maximum Gasteiger partial charge on any atom is 0.222 e. The monoisotopic (exact) mass is 716 g/mol. The van der Waals surface area contributed by atoms with Gasteiger partial charge in [-0.2, -0.15) is 0 Å². The summed E-state index contributed by atoms with van der Waals surface area (Å²) in [5.41, 5.74) is 4.29. The molecule has 2 fully saturated rings. The van der Waals surface area contributed by atoms with Crippen LogP contribution in [0.5, 0.6) is 5.75 Å². The molecule has 2 saturated carbocycles. The molecule has 10 nitrogen and oxygen atoms in total. The summed E-state index contributed by atoms with van der Waals surface area (Å²) < 4.78 is 12.8. The fraction of sp³-hybridized carbons (Fsp3) is 0.514. The van der Waals surface area contributed by atoms with Crippen molar-refractivity contribution in [2.45, 2.75) is 101 Å². The van der Waals surface area contributed by atoms with Gasteiger partial charge in [0, 0.05) is 53.1 Å². The third kappa shape index (κ3) is 9.51. The number of aliphatic hydroxyl groups excluding tert-OH is 5. The summed E-state index contributed by atoms with van der Waals surface area (Å²) in [4.78, 5) is 18.6. The average molecular weight is 718 g/mol. The summed E-state index contributed by atoms with van der Waals surface area (Å²) in [6, 6.07) is 13.8. The van der Waals surface area contributed by atoms with Crippen LogP contribution in [-0.2, 0) is 28.2 Å². The molecule has 49 heavy (non-hydrogen) atoms. The first-order chi connectivity index (χ1) is 23.6. The summed E-state index contributed by atoms with van der Waals surface area (Å²) in [5.74, 6) is 0.657. The van der Waals surface area contributed by atoms with Crippen molar-refractivity contribution < 1.29 is 39.8 Å². The number of carbonyl (C=O) groups is 1. The predicted octanol–water partition coefficient (Wildman–Crippen LogP) is 4.80. The first-order valence-electron chi connectivity index (χ1n) is 17.0. The fourth-order valence-corrected chi connectivity index (χ4v) is 6.48. The van der Waals surface area contributed by atoms with Crippen LogP contribution in [0, 0.1) is 0 Å². The molecular weight excluding hydrogens is 671 g/mol. The number of halogens is 2. The first kappa shape index (κ1) is 37.5. The molecule has 5 N–H and O–H groups in total. The van der Waals surface area contributed by atoms with E-state index in [0.29, 0.717) is 29.3 Å². The van der Waals surface area contributed by atoms with Crippen molar-refractivity contribution in [2.75, 3.05) is 19.7 Å². The van der Waals surface area contributed by atoms with Gasteiger partial charge in [-0.3, -0.25) is 9.78 Å². The third-order valence-corrected chi connectivity index (χ3v) is 9.99. The Balaban J connectivity index is 1.14. The summed E-state index contributed by atoms with van der Waals surface area (Å²) in [6.45, 7) is 1.33. The molecule has 12 heteroatoms. The highest BCUT2D eigenvalue weighted by Gasteiger charge is 2.48. The van der Waals surface area contributed by atoms with Gasteiger partial charge in [0.15, 0.2) is 0 Å². The van der Waals surface area contributed by atoms with Gasteiger partial charge in [-0.25, -0.2) is 0 Å². The number of benzene rings is 2. The van der Waals surface area contributed by atoms with E-state index in [-0.39, 0.29) is 38.1 Å². The van der Waals surface area contributed by atoms with Crippen LogP contribution in [0.4, 0.5) is 0 Å². The lowest BCUT2D eigenvalue weighted by molar-refractivity contribution is -0.139. The Labute approximate surface area is 297 Å². The maximum atomic E-state index is 12.8. The van der Waals surface area contributed by atoms with E-state index in [9.17, 15) is 25.2 Å². The zero-order chi connectivity index (χ0) is 35.1. The molecule has 0 aliphatic heterocycles. The quantitative estimate of drug-likeness (QED) is 0.110. The number of carbonyl (C=O) groups excluding carboxylic acids is 1. The van der Waals surface area contributed by atoms with Gasteiger partial charge < -0.3 is 39.9 Å². The Kier molecular flexibility index (Phi) is 12.9. The number of amides is 1. The zero-order valence-corrected chi connectivity index (χ0v) is 29.2. The minimum absolute atomic E-state index is 0.214. The first-order valence-corrected chi connectivity index (χ1v) is 17.7. The average Bonchev–Trinajstić information content (AvgIpc) is 4.06. The molecule has 0 radical (unpaired) electrons. The van der Waals surface area contributed by atoms with Gasteiger partial charge in [0.1, 0.15) is 30.2 Å². The van der Waals surface area contributed by atoms with Gasteiger partial charge in [-0.05, 0) is 92.8 Å². The highest BCUT2D eigenvalue weighted by atomic mass is 35.5. The smallest absolute Gasteiger partial charge is 0.222 e. The summed E-state index contributed by atoms with van der Waals surface area (Å²) >= 11 is 13.4. The summed E-state index contributed by atoms with van der Waals surface area (Å²) in [5, 5.41) is 49.9. The van der Waals surface area contributed by atoms with Crippen LogP contribution >= 0.6 is 23.2 Å². The Hall–Kier alpha value is -2.80. The number of rotatable bonds is 19. The maximum absolute atomic E-state index is 12.8. The Morgan fingerprint density at radius 2 is 1.67 bits per heavy atom. The molecule has 2 aromatic carbocycles. The molecule has 1 heterocycles. The van der Waals surface area contributed by atoms with E-state index in [1.54, 1.807) is 13.1 Å². The minimum atomic E-state index is -1.74. The van der Waals surface area contributed by atoms with E-state index in [0.717, 1.165) is 59.3 Å². The van der Waals surface area contributed by atoms with Crippen molar-refractivity contribution in [3.63, 3.8) is 0 Å². The van der Waals surface area contributed by atoms with E-state index < -0.39 is 36.6 Å². The zero-order valence-electron chi connectivity index (χ0n) is 27.7. The predicted molar refractivity (Wildman–Crippen MR) is 186 cm³/mol. The highest BCUT2D eigenvalue weighted by Crippen LogP contribution is 2.53. The van der Waals surface area contributed by atoms with Gasteiger partial charge in [0.2, 0.25) is 5.91 Å². The van der Waals surface area contributed by atoms with Crippen LogP contribution in [-0.4, -0.2) is 91.5 Å². The molecule has 1 amide bonds. The lowest BCUT2D eigenvalue weighted by atomic mass is 9.96. The third-order valence-electron chi connectivity index (χ3n) is 9.28. The molecule has 266 valence electrons. The largest absolute Gasteiger partial charge is 0.490 e. The van der Waals surface area contributed by atoms with Crippen molar-refractivity contribution in [3.8, 4) is 16.9 Å². The molecule has 0 saturated heterocycles. The van der Waals surface area contributed by atoms with Gasteiger partial charge >= 0.3 is 0 Å². The molecule has 2 aliphatic rings. The lowest BCUT2D eigenvalue weighted by Gasteiger charge is -2.30. The summed E-state index contributed by atoms with van der Waals surface area (Å²) in [6.07, 6.45) is 3.34. The number of hydrogen-bond acceptors (Lipinski definition) is 9. The number of aromatic nitrogens is 1. The number of nitrogens with zero attached hydrogens (tertiary/aromatic N) is 2. The molecule has 0 unspecified atom stereocenters. The molecule has 4 atom stereocenters. The number of aliphatic hydroxyl groups is 5. The van der Waals surface area contributed by atoms with E-state index in [1.807, 2.05) is 42.6 Å².